The molecule has 0 spiro atoms. The molecule has 0 aromatic heterocycles. The van der Waals surface area contributed by atoms with Gasteiger partial charge in [0.15, 0.2) is 0 Å². The molecule has 0 N–H and O–H groups in total. The lowest BCUT2D eigenvalue weighted by molar-refractivity contribution is -0.144. The number of benzene rings is 1. The number of esters is 1. The van der Waals surface area contributed by atoms with Crippen LogP contribution >= 0.6 is 0 Å². The predicted octanol–water partition coefficient (Wildman–Crippen LogP) is 2.63. The fourth-order valence-electron chi connectivity index (χ4n) is 3.04. The van der Waals surface area contributed by atoms with Crippen molar-refractivity contribution in [3.8, 4) is 5.75 Å². The summed E-state index contributed by atoms with van der Waals surface area (Å²) in [6.45, 7) is 12.0. The van der Waals surface area contributed by atoms with Crippen molar-refractivity contribution in [2.75, 3.05) is 46.4 Å². The molecule has 1 aromatic carbocycles. The molecule has 0 amide bonds. The van der Waals surface area contributed by atoms with Crippen LogP contribution < -0.4 is 4.74 Å². The van der Waals surface area contributed by atoms with Crippen molar-refractivity contribution >= 4 is 5.97 Å². The van der Waals surface area contributed by atoms with Gasteiger partial charge in [-0.15, -0.1) is 6.58 Å². The van der Waals surface area contributed by atoms with E-state index in [1.807, 2.05) is 6.07 Å². The zero-order valence-corrected chi connectivity index (χ0v) is 15.5. The molecule has 1 aromatic rings. The van der Waals surface area contributed by atoms with Crippen LogP contribution in [0.25, 0.3) is 0 Å². The monoisotopic (exact) mass is 346 g/mol. The summed E-state index contributed by atoms with van der Waals surface area (Å²) >= 11 is 0. The van der Waals surface area contributed by atoms with Crippen LogP contribution in [0, 0.1) is 6.92 Å². The first-order valence-corrected chi connectivity index (χ1v) is 8.97. The molecular weight excluding hydrogens is 316 g/mol. The van der Waals surface area contributed by atoms with Gasteiger partial charge in [0.1, 0.15) is 12.4 Å². The average molecular weight is 346 g/mol. The topological polar surface area (TPSA) is 42.0 Å². The maximum Gasteiger partial charge on any atom is 0.306 e. The second-order valence-corrected chi connectivity index (χ2v) is 6.41. The molecule has 1 heterocycles. The Morgan fingerprint density at radius 1 is 1.24 bits per heavy atom. The van der Waals surface area contributed by atoms with E-state index in [0.717, 1.165) is 45.0 Å². The summed E-state index contributed by atoms with van der Waals surface area (Å²) in [5, 5.41) is 0. The van der Waals surface area contributed by atoms with Crippen molar-refractivity contribution in [3.63, 3.8) is 0 Å². The Morgan fingerprint density at radius 3 is 2.64 bits per heavy atom. The van der Waals surface area contributed by atoms with Crippen molar-refractivity contribution in [1.29, 1.82) is 0 Å². The summed E-state index contributed by atoms with van der Waals surface area (Å²) in [6, 6.07) is 6.23. The third-order valence-electron chi connectivity index (χ3n) is 4.70. The first-order chi connectivity index (χ1) is 12.1. The van der Waals surface area contributed by atoms with Crippen molar-refractivity contribution in [3.05, 3.63) is 42.0 Å². The van der Waals surface area contributed by atoms with E-state index >= 15 is 0 Å². The van der Waals surface area contributed by atoms with Gasteiger partial charge in [0.05, 0.1) is 7.11 Å². The highest BCUT2D eigenvalue weighted by atomic mass is 16.5. The van der Waals surface area contributed by atoms with Crippen LogP contribution in [0.5, 0.6) is 5.75 Å². The highest BCUT2D eigenvalue weighted by Crippen LogP contribution is 2.22. The van der Waals surface area contributed by atoms with E-state index in [0.29, 0.717) is 19.4 Å². The number of methoxy groups -OCH3 is 1. The fourth-order valence-corrected chi connectivity index (χ4v) is 3.04. The molecule has 1 saturated heterocycles. The van der Waals surface area contributed by atoms with Gasteiger partial charge < -0.3 is 9.47 Å². The van der Waals surface area contributed by atoms with E-state index in [9.17, 15) is 4.79 Å². The fraction of sp³-hybridized carbons (Fsp3) is 0.550. The van der Waals surface area contributed by atoms with Gasteiger partial charge in [0.25, 0.3) is 0 Å². The van der Waals surface area contributed by atoms with E-state index in [1.54, 1.807) is 13.2 Å². The van der Waals surface area contributed by atoms with Crippen LogP contribution in [0.4, 0.5) is 0 Å². The highest BCUT2D eigenvalue weighted by molar-refractivity contribution is 5.69. The first-order valence-electron chi connectivity index (χ1n) is 8.97. The Balaban J connectivity index is 1.69. The quantitative estimate of drug-likeness (QED) is 0.508. The lowest BCUT2D eigenvalue weighted by atomic mass is 10.1. The molecule has 0 bridgehead atoms. The van der Waals surface area contributed by atoms with Crippen LogP contribution in [-0.4, -0.2) is 62.2 Å². The molecule has 138 valence electrons. The maximum absolute atomic E-state index is 11.5. The first kappa shape index (κ1) is 19.5. The molecular formula is C20H30N2O3. The number of ether oxygens (including phenoxy) is 2. The van der Waals surface area contributed by atoms with E-state index in [2.05, 4.69) is 35.4 Å². The molecule has 1 aliphatic heterocycles. The van der Waals surface area contributed by atoms with Gasteiger partial charge in [0.2, 0.25) is 0 Å². The minimum atomic E-state index is -0.132. The van der Waals surface area contributed by atoms with Gasteiger partial charge in [-0.3, -0.25) is 14.6 Å². The molecule has 0 aliphatic carbocycles. The van der Waals surface area contributed by atoms with E-state index < -0.39 is 0 Å². The molecule has 5 heteroatoms. The zero-order valence-electron chi connectivity index (χ0n) is 15.5. The van der Waals surface area contributed by atoms with Crippen molar-refractivity contribution < 1.29 is 14.3 Å². The molecule has 0 unspecified atom stereocenters. The Hall–Kier alpha value is -1.85. The summed E-state index contributed by atoms with van der Waals surface area (Å²) < 4.78 is 10.7. The second-order valence-electron chi connectivity index (χ2n) is 6.41. The average Bonchev–Trinajstić information content (AvgIpc) is 2.63. The van der Waals surface area contributed by atoms with E-state index in [1.165, 1.54) is 11.1 Å². The van der Waals surface area contributed by atoms with Crippen molar-refractivity contribution in [2.24, 2.45) is 0 Å². The number of carbonyl (C=O) groups excluding carboxylic acids is 1. The second kappa shape index (κ2) is 10.2. The molecule has 1 fully saturated rings. The zero-order chi connectivity index (χ0) is 18.1. The molecule has 0 radical (unpaired) electrons. The van der Waals surface area contributed by atoms with Crippen LogP contribution in [0.15, 0.2) is 30.9 Å². The van der Waals surface area contributed by atoms with Gasteiger partial charge >= 0.3 is 5.97 Å². The highest BCUT2D eigenvalue weighted by Gasteiger charge is 2.18. The Labute approximate surface area is 151 Å². The number of allylic oxidation sites excluding steroid dienone is 1. The lowest BCUT2D eigenvalue weighted by Crippen LogP contribution is -2.46. The normalized spacial score (nSPS) is 15.8. The molecule has 25 heavy (non-hydrogen) atoms. The minimum absolute atomic E-state index is 0.132. The number of hydrogen-bond donors (Lipinski definition) is 0. The van der Waals surface area contributed by atoms with Crippen LogP contribution in [0.1, 0.15) is 24.0 Å². The summed E-state index contributed by atoms with van der Waals surface area (Å²) in [6.07, 6.45) is 2.85. The Bertz CT molecular complexity index is 566. The van der Waals surface area contributed by atoms with Crippen LogP contribution in [-0.2, 0) is 16.1 Å². The summed E-state index contributed by atoms with van der Waals surface area (Å²) in [5.41, 5.74) is 2.54. The predicted molar refractivity (Wildman–Crippen MR) is 99.8 cm³/mol. The summed E-state index contributed by atoms with van der Waals surface area (Å²) in [4.78, 5) is 16.3. The largest absolute Gasteiger partial charge is 0.496 e. The van der Waals surface area contributed by atoms with Gasteiger partial charge in [-0.1, -0.05) is 18.2 Å². The molecule has 0 atom stereocenters. The number of rotatable bonds is 9. The molecule has 1 aliphatic rings. The standard InChI is InChI=1S/C20H30N2O3/c1-4-5-9-20(23)25-15-14-21-10-12-22(13-11-21)16-18-7-6-8-19(24-3)17(18)2/h4,6-8H,1,5,9-16H2,2-3H3. The smallest absolute Gasteiger partial charge is 0.306 e. The van der Waals surface area contributed by atoms with Gasteiger partial charge in [-0.05, 0) is 30.5 Å². The Kier molecular flexibility index (Phi) is 7.95. The van der Waals surface area contributed by atoms with E-state index in [4.69, 9.17) is 9.47 Å². The molecule has 0 saturated carbocycles. The van der Waals surface area contributed by atoms with Crippen molar-refractivity contribution in [1.82, 2.24) is 9.80 Å². The number of carbonyl (C=O) groups is 1. The molecule has 5 nitrogen and oxygen atoms in total. The Morgan fingerprint density at radius 2 is 1.96 bits per heavy atom. The number of nitrogens with zero attached hydrogens (tertiary/aromatic N) is 2. The number of piperazine rings is 1. The third-order valence-corrected chi connectivity index (χ3v) is 4.70. The van der Waals surface area contributed by atoms with Gasteiger partial charge in [0, 0.05) is 45.7 Å². The summed E-state index contributed by atoms with van der Waals surface area (Å²) in [7, 11) is 1.72. The van der Waals surface area contributed by atoms with Crippen LogP contribution in [0.2, 0.25) is 0 Å². The number of hydrogen-bond acceptors (Lipinski definition) is 5. The third kappa shape index (κ3) is 6.18. The molecule has 2 rings (SSSR count). The van der Waals surface area contributed by atoms with Crippen molar-refractivity contribution in [2.45, 2.75) is 26.3 Å². The lowest BCUT2D eigenvalue weighted by Gasteiger charge is -2.34. The maximum atomic E-state index is 11.5. The van der Waals surface area contributed by atoms with E-state index in [-0.39, 0.29) is 5.97 Å². The van der Waals surface area contributed by atoms with Gasteiger partial charge in [-0.2, -0.15) is 0 Å². The minimum Gasteiger partial charge on any atom is -0.496 e. The van der Waals surface area contributed by atoms with Gasteiger partial charge in [-0.25, -0.2) is 0 Å². The SMILES string of the molecule is C=CCCC(=O)OCCN1CCN(Cc2cccc(OC)c2C)CC1. The van der Waals surface area contributed by atoms with Crippen LogP contribution in [0.3, 0.4) is 0 Å². The summed E-state index contributed by atoms with van der Waals surface area (Å²) in [5.74, 6) is 0.821.